The normalized spacial score (nSPS) is 19.0. The number of alkyl carbamates (subject to hydrolysis) is 1. The van der Waals surface area contributed by atoms with Crippen LogP contribution in [-0.4, -0.2) is 34.4 Å². The summed E-state index contributed by atoms with van der Waals surface area (Å²) >= 11 is 7.67. The predicted octanol–water partition coefficient (Wildman–Crippen LogP) is 6.21. The van der Waals surface area contributed by atoms with Crippen LogP contribution in [0.15, 0.2) is 18.2 Å². The van der Waals surface area contributed by atoms with Crippen molar-refractivity contribution in [3.05, 3.63) is 33.8 Å². The zero-order valence-electron chi connectivity index (χ0n) is 19.2. The Bertz CT molecular complexity index is 980. The first-order valence-electron chi connectivity index (χ1n) is 11.4. The minimum Gasteiger partial charge on any atom is -0.489 e. The van der Waals surface area contributed by atoms with Gasteiger partial charge in [0.15, 0.2) is 0 Å². The molecule has 3 atom stereocenters. The number of carboxylic acids is 1. The first kappa shape index (κ1) is 25.3. The zero-order valence-corrected chi connectivity index (χ0v) is 20.8. The van der Waals surface area contributed by atoms with Crippen molar-refractivity contribution in [2.45, 2.75) is 78.0 Å². The van der Waals surface area contributed by atoms with Gasteiger partial charge in [-0.15, -0.1) is 11.3 Å². The maximum absolute atomic E-state index is 12.1. The minimum absolute atomic E-state index is 0.122. The van der Waals surface area contributed by atoms with Gasteiger partial charge in [0.2, 0.25) is 0 Å². The Balaban J connectivity index is 1.67. The zero-order chi connectivity index (χ0) is 24.0. The van der Waals surface area contributed by atoms with Crippen molar-refractivity contribution >= 4 is 35.0 Å². The molecule has 0 aromatic carbocycles. The standard InChI is InChI=1S/C24H31ClN2O5S/c1-4-6-14(2)31-24(30)26-13-17-12-21(25)33-22(17)19-9-10-20(15(3)27-19)32-18-8-5-7-16(11-18)23(28)29/h9-10,12,14,16,18H,4-8,11,13H2,1-3H3,(H,26,30)(H,28,29)/t14-,16+,18+/m1/s1. The Morgan fingerprint density at radius 2 is 2.15 bits per heavy atom. The van der Waals surface area contributed by atoms with Gasteiger partial charge < -0.3 is 19.9 Å². The minimum atomic E-state index is -0.757. The first-order valence-corrected chi connectivity index (χ1v) is 12.6. The molecule has 1 aliphatic rings. The highest BCUT2D eigenvalue weighted by Gasteiger charge is 2.28. The molecule has 1 saturated carbocycles. The third-order valence-corrected chi connectivity index (χ3v) is 7.07. The van der Waals surface area contributed by atoms with Crippen LogP contribution < -0.4 is 10.1 Å². The van der Waals surface area contributed by atoms with Crippen LogP contribution in [0.25, 0.3) is 10.6 Å². The number of halogens is 1. The number of nitrogens with zero attached hydrogens (tertiary/aromatic N) is 1. The van der Waals surface area contributed by atoms with E-state index < -0.39 is 12.1 Å². The highest BCUT2D eigenvalue weighted by atomic mass is 35.5. The number of ether oxygens (including phenoxy) is 2. The van der Waals surface area contributed by atoms with E-state index in [1.165, 1.54) is 11.3 Å². The van der Waals surface area contributed by atoms with Crippen molar-refractivity contribution in [1.82, 2.24) is 10.3 Å². The van der Waals surface area contributed by atoms with Crippen LogP contribution in [0.1, 0.15) is 63.6 Å². The molecular weight excluding hydrogens is 464 g/mol. The number of aliphatic carboxylic acids is 1. The van der Waals surface area contributed by atoms with E-state index in [1.807, 2.05) is 39.0 Å². The van der Waals surface area contributed by atoms with Crippen molar-refractivity contribution in [2.75, 3.05) is 0 Å². The fourth-order valence-corrected chi connectivity index (χ4v) is 5.30. The van der Waals surface area contributed by atoms with Gasteiger partial charge in [-0.1, -0.05) is 24.9 Å². The summed E-state index contributed by atoms with van der Waals surface area (Å²) in [5.74, 6) is -0.449. The molecule has 0 bridgehead atoms. The smallest absolute Gasteiger partial charge is 0.407 e. The molecule has 2 heterocycles. The quantitative estimate of drug-likeness (QED) is 0.430. The van der Waals surface area contributed by atoms with Gasteiger partial charge in [0.25, 0.3) is 0 Å². The van der Waals surface area contributed by atoms with E-state index in [1.54, 1.807) is 0 Å². The predicted molar refractivity (Wildman–Crippen MR) is 129 cm³/mol. The Kier molecular flexibility index (Phi) is 8.97. The lowest BCUT2D eigenvalue weighted by molar-refractivity contribution is -0.143. The Morgan fingerprint density at radius 3 is 2.85 bits per heavy atom. The summed E-state index contributed by atoms with van der Waals surface area (Å²) in [6.45, 7) is 6.08. The molecule has 180 valence electrons. The molecule has 0 unspecified atom stereocenters. The van der Waals surface area contributed by atoms with Gasteiger partial charge in [0.05, 0.1) is 32.6 Å². The molecule has 1 fully saturated rings. The average Bonchev–Trinajstić information content (AvgIpc) is 3.14. The fourth-order valence-electron chi connectivity index (χ4n) is 4.06. The van der Waals surface area contributed by atoms with E-state index in [9.17, 15) is 14.7 Å². The van der Waals surface area contributed by atoms with Gasteiger partial charge in [-0.3, -0.25) is 4.79 Å². The summed E-state index contributed by atoms with van der Waals surface area (Å²) in [6.07, 6.45) is 3.96. The van der Waals surface area contributed by atoms with E-state index in [0.717, 1.165) is 47.5 Å². The number of aromatic nitrogens is 1. The number of pyridine rings is 1. The van der Waals surface area contributed by atoms with Crippen LogP contribution >= 0.6 is 22.9 Å². The van der Waals surface area contributed by atoms with Gasteiger partial charge in [0, 0.05) is 6.54 Å². The molecule has 2 N–H and O–H groups in total. The van der Waals surface area contributed by atoms with Crippen LogP contribution in [0.5, 0.6) is 5.75 Å². The number of thiophene rings is 1. The molecule has 33 heavy (non-hydrogen) atoms. The Morgan fingerprint density at radius 1 is 1.36 bits per heavy atom. The molecular formula is C24H31ClN2O5S. The molecule has 0 aliphatic heterocycles. The van der Waals surface area contributed by atoms with Crippen molar-refractivity contribution in [3.8, 4) is 16.3 Å². The number of carbonyl (C=O) groups is 2. The summed E-state index contributed by atoms with van der Waals surface area (Å²) in [5.41, 5.74) is 2.33. The second-order valence-electron chi connectivity index (χ2n) is 8.48. The van der Waals surface area contributed by atoms with E-state index >= 15 is 0 Å². The largest absolute Gasteiger partial charge is 0.489 e. The van der Waals surface area contributed by atoms with Crippen LogP contribution in [-0.2, 0) is 16.1 Å². The van der Waals surface area contributed by atoms with E-state index in [4.69, 9.17) is 26.1 Å². The number of carboxylic acid groups (broad SMARTS) is 1. The lowest BCUT2D eigenvalue weighted by Gasteiger charge is -2.27. The molecule has 0 radical (unpaired) electrons. The number of hydrogen-bond acceptors (Lipinski definition) is 6. The SMILES string of the molecule is CCC[C@@H](C)OC(=O)NCc1cc(Cl)sc1-c1ccc(O[C@H]2CCC[C@H](C(=O)O)C2)c(C)n1. The van der Waals surface area contributed by atoms with Crippen molar-refractivity contribution in [1.29, 1.82) is 0 Å². The van der Waals surface area contributed by atoms with Gasteiger partial charge in [-0.25, -0.2) is 9.78 Å². The molecule has 9 heteroatoms. The second-order valence-corrected chi connectivity index (χ2v) is 10.2. The first-order chi connectivity index (χ1) is 15.8. The highest BCUT2D eigenvalue weighted by molar-refractivity contribution is 7.19. The number of amides is 1. The van der Waals surface area contributed by atoms with E-state index in [-0.39, 0.29) is 24.7 Å². The third kappa shape index (κ3) is 7.08. The highest BCUT2D eigenvalue weighted by Crippen LogP contribution is 2.36. The van der Waals surface area contributed by atoms with E-state index in [2.05, 4.69) is 5.32 Å². The molecule has 3 rings (SSSR count). The summed E-state index contributed by atoms with van der Waals surface area (Å²) in [5, 5.41) is 12.1. The van der Waals surface area contributed by atoms with E-state index in [0.29, 0.717) is 22.9 Å². The van der Waals surface area contributed by atoms with Gasteiger partial charge in [0.1, 0.15) is 11.9 Å². The lowest BCUT2D eigenvalue weighted by Crippen LogP contribution is -2.29. The monoisotopic (exact) mass is 494 g/mol. The van der Waals surface area contributed by atoms with Gasteiger partial charge in [-0.2, -0.15) is 0 Å². The summed E-state index contributed by atoms with van der Waals surface area (Å²) in [6, 6.07) is 5.56. The summed E-state index contributed by atoms with van der Waals surface area (Å²) in [4.78, 5) is 29.0. The van der Waals surface area contributed by atoms with Crippen LogP contribution in [0.4, 0.5) is 4.79 Å². The lowest BCUT2D eigenvalue weighted by atomic mass is 9.87. The molecule has 0 saturated heterocycles. The maximum atomic E-state index is 12.1. The third-order valence-electron chi connectivity index (χ3n) is 5.74. The number of hydrogen-bond donors (Lipinski definition) is 2. The summed E-state index contributed by atoms with van der Waals surface area (Å²) in [7, 11) is 0. The maximum Gasteiger partial charge on any atom is 0.407 e. The molecule has 7 nitrogen and oxygen atoms in total. The van der Waals surface area contributed by atoms with Crippen LogP contribution in [0.2, 0.25) is 4.34 Å². The van der Waals surface area contributed by atoms with Crippen LogP contribution in [0, 0.1) is 12.8 Å². The average molecular weight is 495 g/mol. The Labute approximate surface area is 203 Å². The number of nitrogens with one attached hydrogen (secondary N) is 1. The fraction of sp³-hybridized carbons (Fsp3) is 0.542. The Hall–Kier alpha value is -2.32. The number of aryl methyl sites for hydroxylation is 1. The topological polar surface area (TPSA) is 97.8 Å². The molecule has 2 aromatic heterocycles. The van der Waals surface area contributed by atoms with Crippen molar-refractivity contribution < 1.29 is 24.2 Å². The molecule has 1 aliphatic carbocycles. The van der Waals surface area contributed by atoms with Crippen molar-refractivity contribution in [2.24, 2.45) is 5.92 Å². The van der Waals surface area contributed by atoms with Gasteiger partial charge >= 0.3 is 12.1 Å². The number of rotatable bonds is 9. The van der Waals surface area contributed by atoms with Crippen molar-refractivity contribution in [3.63, 3.8) is 0 Å². The molecule has 0 spiro atoms. The molecule has 2 aromatic rings. The number of carbonyl (C=O) groups excluding carboxylic acids is 1. The molecule has 1 amide bonds. The van der Waals surface area contributed by atoms with Crippen LogP contribution in [0.3, 0.4) is 0 Å². The van der Waals surface area contributed by atoms with Gasteiger partial charge in [-0.05, 0) is 69.7 Å². The second kappa shape index (κ2) is 11.7. The summed E-state index contributed by atoms with van der Waals surface area (Å²) < 4.78 is 12.1.